The van der Waals surface area contributed by atoms with E-state index in [1.165, 1.54) is 11.2 Å². The molecule has 1 amide bonds. The van der Waals surface area contributed by atoms with Crippen LogP contribution in [0.1, 0.15) is 17.5 Å². The van der Waals surface area contributed by atoms with Crippen LogP contribution in [0.15, 0.2) is 28.3 Å². The van der Waals surface area contributed by atoms with Crippen LogP contribution in [0, 0.1) is 6.92 Å². The molecular weight excluding hydrogens is 260 g/mol. The molecule has 0 saturated heterocycles. The minimum atomic E-state index is -1.05. The maximum atomic E-state index is 11.8. The number of amides is 1. The van der Waals surface area contributed by atoms with Gasteiger partial charge in [-0.1, -0.05) is 12.1 Å². The highest BCUT2D eigenvalue weighted by Crippen LogP contribution is 2.30. The normalized spacial score (nSPS) is 19.9. The summed E-state index contributed by atoms with van der Waals surface area (Å²) in [5.74, 6) is -0.974. The van der Waals surface area contributed by atoms with Gasteiger partial charge in [-0.15, -0.1) is 0 Å². The molecule has 0 radical (unpaired) electrons. The van der Waals surface area contributed by atoms with E-state index < -0.39 is 17.9 Å². The number of carboxylic acid groups (broad SMARTS) is 1. The summed E-state index contributed by atoms with van der Waals surface area (Å²) >= 11 is 0. The number of hydrogen-bond donors (Lipinski definition) is 2. The molecular formula is C13H12N4O3. The molecule has 102 valence electrons. The highest BCUT2D eigenvalue weighted by atomic mass is 16.4. The van der Waals surface area contributed by atoms with E-state index >= 15 is 0 Å². The van der Waals surface area contributed by atoms with Gasteiger partial charge < -0.3 is 10.0 Å². The van der Waals surface area contributed by atoms with E-state index in [0.29, 0.717) is 5.84 Å². The Labute approximate surface area is 114 Å². The van der Waals surface area contributed by atoms with E-state index in [1.54, 1.807) is 0 Å². The summed E-state index contributed by atoms with van der Waals surface area (Å²) in [6.45, 7) is 1.93. The van der Waals surface area contributed by atoms with Crippen molar-refractivity contribution >= 4 is 29.7 Å². The van der Waals surface area contributed by atoms with Crippen LogP contribution in [-0.2, 0) is 9.59 Å². The zero-order valence-corrected chi connectivity index (χ0v) is 10.7. The summed E-state index contributed by atoms with van der Waals surface area (Å²) in [6.07, 6.45) is 1.17. The first-order valence-corrected chi connectivity index (χ1v) is 6.10. The maximum Gasteiger partial charge on any atom is 0.306 e. The molecule has 3 rings (SSSR count). The van der Waals surface area contributed by atoms with Crippen molar-refractivity contribution < 1.29 is 14.7 Å². The second-order valence-corrected chi connectivity index (χ2v) is 4.65. The summed E-state index contributed by atoms with van der Waals surface area (Å²) in [6, 6.07) is 4.82. The number of para-hydroxylation sites is 1. The van der Waals surface area contributed by atoms with Crippen LogP contribution < -0.4 is 5.43 Å². The van der Waals surface area contributed by atoms with Gasteiger partial charge in [0.05, 0.1) is 18.4 Å². The molecule has 1 aromatic carbocycles. The predicted octanol–water partition coefficient (Wildman–Crippen LogP) is 0.605. The van der Waals surface area contributed by atoms with Gasteiger partial charge in [-0.2, -0.15) is 5.10 Å². The molecule has 7 heteroatoms. The van der Waals surface area contributed by atoms with Gasteiger partial charge >= 0.3 is 5.97 Å². The largest absolute Gasteiger partial charge is 0.481 e. The van der Waals surface area contributed by atoms with Crippen molar-refractivity contribution in [1.82, 2.24) is 10.3 Å². The molecule has 2 N–H and O–H groups in total. The minimum absolute atomic E-state index is 0.308. The molecule has 0 fully saturated rings. The number of rotatable bonds is 2. The Hall–Kier alpha value is -2.70. The molecule has 0 aliphatic carbocycles. The minimum Gasteiger partial charge on any atom is -0.481 e. The number of carbonyl (C=O) groups excluding carboxylic acids is 1. The number of hydrogen-bond acceptors (Lipinski definition) is 5. The number of carbonyl (C=O) groups is 2. The van der Waals surface area contributed by atoms with E-state index in [0.717, 1.165) is 16.8 Å². The lowest BCUT2D eigenvalue weighted by Gasteiger charge is -2.34. The Bertz CT molecular complexity index is 666. The van der Waals surface area contributed by atoms with E-state index in [-0.39, 0.29) is 6.42 Å². The standard InChI is InChI=1S/C13H12N4O3/c1-7-3-2-4-8-11(7)14-6-17-9(5-10(18)19)13(20)16-15-12(8)17/h2-4,6,9H,5H2,1H3,(H,16,20)(H,18,19)/t9-/m1/s1. The van der Waals surface area contributed by atoms with Crippen LogP contribution >= 0.6 is 0 Å². The summed E-state index contributed by atoms with van der Waals surface area (Å²) in [5.41, 5.74) is 4.94. The highest BCUT2D eigenvalue weighted by Gasteiger charge is 2.36. The van der Waals surface area contributed by atoms with Crippen LogP contribution in [0.4, 0.5) is 5.69 Å². The van der Waals surface area contributed by atoms with Crippen molar-refractivity contribution in [2.75, 3.05) is 0 Å². The molecule has 0 bridgehead atoms. The first kappa shape index (κ1) is 12.3. The van der Waals surface area contributed by atoms with Gasteiger partial charge in [-0.25, -0.2) is 10.4 Å². The first-order chi connectivity index (χ1) is 9.58. The fraction of sp³-hybridized carbons (Fsp3) is 0.231. The average Bonchev–Trinajstić information content (AvgIpc) is 2.41. The number of carboxylic acids is 1. The van der Waals surface area contributed by atoms with Gasteiger partial charge in [0.2, 0.25) is 0 Å². The van der Waals surface area contributed by atoms with E-state index in [2.05, 4.69) is 15.5 Å². The monoisotopic (exact) mass is 272 g/mol. The molecule has 2 aliphatic heterocycles. The topological polar surface area (TPSA) is 94.4 Å². The van der Waals surface area contributed by atoms with Crippen molar-refractivity contribution in [3.05, 3.63) is 29.3 Å². The van der Waals surface area contributed by atoms with Gasteiger partial charge in [0.15, 0.2) is 5.84 Å². The highest BCUT2D eigenvalue weighted by molar-refractivity contribution is 6.14. The van der Waals surface area contributed by atoms with Gasteiger partial charge in [0, 0.05) is 5.56 Å². The number of benzene rings is 1. The summed E-state index contributed by atoms with van der Waals surface area (Å²) in [5, 5.41) is 13.0. The molecule has 0 unspecified atom stereocenters. The van der Waals surface area contributed by atoms with E-state index in [4.69, 9.17) is 5.11 Å². The summed E-state index contributed by atoms with van der Waals surface area (Å²) in [4.78, 5) is 28.5. The molecule has 1 atom stereocenters. The smallest absolute Gasteiger partial charge is 0.306 e. The van der Waals surface area contributed by atoms with Crippen molar-refractivity contribution in [3.8, 4) is 0 Å². The molecule has 1 aromatic rings. The number of nitrogens with zero attached hydrogens (tertiary/aromatic N) is 3. The lowest BCUT2D eigenvalue weighted by molar-refractivity contribution is -0.140. The average molecular weight is 272 g/mol. The van der Waals surface area contributed by atoms with Crippen molar-refractivity contribution in [3.63, 3.8) is 0 Å². The fourth-order valence-electron chi connectivity index (χ4n) is 2.34. The molecule has 7 nitrogen and oxygen atoms in total. The number of aryl methyl sites for hydroxylation is 1. The summed E-state index contributed by atoms with van der Waals surface area (Å²) < 4.78 is 0. The Balaban J connectivity index is 2.07. The fourth-order valence-corrected chi connectivity index (χ4v) is 2.34. The molecule has 0 saturated carbocycles. The third kappa shape index (κ3) is 1.83. The Morgan fingerprint density at radius 2 is 2.30 bits per heavy atom. The van der Waals surface area contributed by atoms with E-state index in [1.807, 2.05) is 25.1 Å². The quantitative estimate of drug-likeness (QED) is 0.824. The molecule has 20 heavy (non-hydrogen) atoms. The summed E-state index contributed by atoms with van der Waals surface area (Å²) in [7, 11) is 0. The SMILES string of the molecule is Cc1cccc2c1N=CN1C2=NNC(=O)[C@H]1CC(=O)O. The van der Waals surface area contributed by atoms with Gasteiger partial charge in [-0.3, -0.25) is 9.59 Å². The Kier molecular flexibility index (Phi) is 2.74. The van der Waals surface area contributed by atoms with Crippen LogP contribution in [0.5, 0.6) is 0 Å². The number of fused-ring (bicyclic) bond motifs is 3. The van der Waals surface area contributed by atoms with Crippen LogP contribution in [-0.4, -0.2) is 40.1 Å². The zero-order valence-electron chi connectivity index (χ0n) is 10.7. The number of aliphatic imine (C=N–C) groups is 1. The molecule has 0 spiro atoms. The number of nitrogens with one attached hydrogen (secondary N) is 1. The van der Waals surface area contributed by atoms with Gasteiger partial charge in [0.25, 0.3) is 5.91 Å². The van der Waals surface area contributed by atoms with Crippen molar-refractivity contribution in [2.24, 2.45) is 10.1 Å². The zero-order chi connectivity index (χ0) is 14.3. The second-order valence-electron chi connectivity index (χ2n) is 4.65. The number of aliphatic carboxylic acids is 1. The number of amidine groups is 1. The lowest BCUT2D eigenvalue weighted by atomic mass is 10.0. The Morgan fingerprint density at radius 3 is 3.05 bits per heavy atom. The van der Waals surface area contributed by atoms with Crippen molar-refractivity contribution in [1.29, 1.82) is 0 Å². The van der Waals surface area contributed by atoms with Crippen LogP contribution in [0.3, 0.4) is 0 Å². The second kappa shape index (κ2) is 4.44. The predicted molar refractivity (Wildman–Crippen MR) is 71.9 cm³/mol. The van der Waals surface area contributed by atoms with E-state index in [9.17, 15) is 9.59 Å². The third-order valence-corrected chi connectivity index (χ3v) is 3.31. The van der Waals surface area contributed by atoms with Gasteiger partial charge in [-0.05, 0) is 18.6 Å². The van der Waals surface area contributed by atoms with Crippen molar-refractivity contribution in [2.45, 2.75) is 19.4 Å². The first-order valence-electron chi connectivity index (χ1n) is 6.10. The maximum absolute atomic E-state index is 11.8. The van der Waals surface area contributed by atoms with Crippen LogP contribution in [0.2, 0.25) is 0 Å². The van der Waals surface area contributed by atoms with Gasteiger partial charge in [0.1, 0.15) is 6.04 Å². The molecule has 0 aromatic heterocycles. The van der Waals surface area contributed by atoms with Crippen LogP contribution in [0.25, 0.3) is 0 Å². The Morgan fingerprint density at radius 1 is 1.50 bits per heavy atom. The molecule has 2 aliphatic rings. The number of hydrazone groups is 1. The lowest BCUT2D eigenvalue weighted by Crippen LogP contribution is -2.54. The third-order valence-electron chi connectivity index (χ3n) is 3.31. The molecule has 2 heterocycles.